The van der Waals surface area contributed by atoms with E-state index < -0.39 is 0 Å². The number of imidazole rings is 1. The molecule has 3 heterocycles. The number of nitrogens with two attached hydrogens (primary N) is 1. The number of nitrogens with zero attached hydrogens (tertiary/aromatic N) is 4. The third-order valence-electron chi connectivity index (χ3n) is 3.88. The van der Waals surface area contributed by atoms with Gasteiger partial charge < -0.3 is 10.5 Å². The van der Waals surface area contributed by atoms with Gasteiger partial charge in [-0.3, -0.25) is 9.38 Å². The molecule has 0 unspecified atom stereocenters. The summed E-state index contributed by atoms with van der Waals surface area (Å²) in [6.07, 6.45) is 7.11. The van der Waals surface area contributed by atoms with Crippen LogP contribution in [-0.2, 0) is 0 Å². The lowest BCUT2D eigenvalue weighted by Crippen LogP contribution is -2.00. The van der Waals surface area contributed by atoms with Crippen molar-refractivity contribution in [2.75, 3.05) is 12.8 Å². The van der Waals surface area contributed by atoms with E-state index in [4.69, 9.17) is 15.5 Å². The minimum Gasteiger partial charge on any atom is -0.497 e. The lowest BCUT2D eigenvalue weighted by atomic mass is 10.1. The van der Waals surface area contributed by atoms with Gasteiger partial charge in [0.15, 0.2) is 0 Å². The first kappa shape index (κ1) is 14.2. The van der Waals surface area contributed by atoms with Gasteiger partial charge in [-0.2, -0.15) is 0 Å². The Kier molecular flexibility index (Phi) is 3.35. The number of pyridine rings is 1. The number of fused-ring (bicyclic) bond motifs is 1. The summed E-state index contributed by atoms with van der Waals surface area (Å²) in [6, 6.07) is 11.6. The van der Waals surface area contributed by atoms with Crippen LogP contribution in [0.15, 0.2) is 61.2 Å². The van der Waals surface area contributed by atoms with E-state index in [1.165, 1.54) is 0 Å². The van der Waals surface area contributed by atoms with Crippen molar-refractivity contribution in [1.82, 2.24) is 19.4 Å². The predicted octanol–water partition coefficient (Wildman–Crippen LogP) is 3.05. The first-order valence-corrected chi connectivity index (χ1v) is 7.44. The molecule has 118 valence electrons. The molecule has 4 aromatic rings. The molecule has 0 radical (unpaired) electrons. The SMILES string of the molecule is COc1cccc(-c2cn3c(N)ncc(-c4ccncc4)c3n2)c1. The molecule has 4 rings (SSSR count). The van der Waals surface area contributed by atoms with Gasteiger partial charge in [0.2, 0.25) is 5.95 Å². The maximum absolute atomic E-state index is 6.03. The number of hydrogen-bond acceptors (Lipinski definition) is 5. The summed E-state index contributed by atoms with van der Waals surface area (Å²) in [6.45, 7) is 0. The van der Waals surface area contributed by atoms with Crippen LogP contribution in [-0.4, -0.2) is 26.5 Å². The number of anilines is 1. The van der Waals surface area contributed by atoms with Crippen molar-refractivity contribution in [3.8, 4) is 28.1 Å². The topological polar surface area (TPSA) is 78.3 Å². The Bertz CT molecular complexity index is 1010. The molecule has 6 nitrogen and oxygen atoms in total. The minimum atomic E-state index is 0.393. The third-order valence-corrected chi connectivity index (χ3v) is 3.88. The van der Waals surface area contributed by atoms with E-state index in [-0.39, 0.29) is 0 Å². The molecule has 0 aliphatic heterocycles. The zero-order valence-corrected chi connectivity index (χ0v) is 13.0. The summed E-state index contributed by atoms with van der Waals surface area (Å²) < 4.78 is 7.08. The highest BCUT2D eigenvalue weighted by Gasteiger charge is 2.13. The molecule has 1 aromatic carbocycles. The highest BCUT2D eigenvalue weighted by atomic mass is 16.5. The number of benzene rings is 1. The zero-order valence-electron chi connectivity index (χ0n) is 13.0. The lowest BCUT2D eigenvalue weighted by molar-refractivity contribution is 0.415. The number of hydrogen-bond donors (Lipinski definition) is 1. The number of methoxy groups -OCH3 is 1. The Morgan fingerprint density at radius 2 is 1.92 bits per heavy atom. The molecule has 0 bridgehead atoms. The van der Waals surface area contributed by atoms with Crippen LogP contribution in [0.1, 0.15) is 0 Å². The van der Waals surface area contributed by atoms with Crippen molar-refractivity contribution in [1.29, 1.82) is 0 Å². The standard InChI is InChI=1S/C18H15N5O/c1-24-14-4-2-3-13(9-14)16-11-23-17(22-16)15(10-21-18(23)19)12-5-7-20-8-6-12/h2-11H,1H3,(H2,19,21). The average Bonchev–Trinajstić information content (AvgIpc) is 3.09. The van der Waals surface area contributed by atoms with Crippen LogP contribution < -0.4 is 10.5 Å². The Labute approximate surface area is 138 Å². The molecule has 0 saturated carbocycles. The number of nitrogen functional groups attached to an aromatic ring is 1. The second kappa shape index (κ2) is 5.66. The van der Waals surface area contributed by atoms with E-state index in [2.05, 4.69) is 9.97 Å². The zero-order chi connectivity index (χ0) is 16.5. The third kappa shape index (κ3) is 2.34. The van der Waals surface area contributed by atoms with E-state index in [0.29, 0.717) is 5.95 Å². The maximum atomic E-state index is 6.03. The van der Waals surface area contributed by atoms with Crippen LogP contribution in [0, 0.1) is 0 Å². The Balaban J connectivity index is 1.93. The Morgan fingerprint density at radius 3 is 2.71 bits per heavy atom. The lowest BCUT2D eigenvalue weighted by Gasteiger charge is -2.04. The number of ether oxygens (including phenoxy) is 1. The summed E-state index contributed by atoms with van der Waals surface area (Å²) in [5.41, 5.74) is 10.4. The second-order valence-corrected chi connectivity index (χ2v) is 5.32. The molecule has 0 aliphatic rings. The van der Waals surface area contributed by atoms with Gasteiger partial charge in [-0.15, -0.1) is 0 Å². The fraction of sp³-hybridized carbons (Fsp3) is 0.0556. The molecule has 0 atom stereocenters. The monoisotopic (exact) mass is 317 g/mol. The predicted molar refractivity (Wildman–Crippen MR) is 92.6 cm³/mol. The molecule has 3 aromatic heterocycles. The molecule has 2 N–H and O–H groups in total. The van der Waals surface area contributed by atoms with Crippen molar-refractivity contribution in [3.63, 3.8) is 0 Å². The fourth-order valence-electron chi connectivity index (χ4n) is 2.65. The molecule has 0 spiro atoms. The van der Waals surface area contributed by atoms with Gasteiger partial charge in [0, 0.05) is 35.9 Å². The summed E-state index contributed by atoms with van der Waals surface area (Å²) >= 11 is 0. The highest BCUT2D eigenvalue weighted by Crippen LogP contribution is 2.29. The van der Waals surface area contributed by atoms with Crippen molar-refractivity contribution >= 4 is 11.6 Å². The largest absolute Gasteiger partial charge is 0.497 e. The second-order valence-electron chi connectivity index (χ2n) is 5.32. The van der Waals surface area contributed by atoms with Crippen LogP contribution in [0.4, 0.5) is 5.95 Å². The smallest absolute Gasteiger partial charge is 0.206 e. The summed E-state index contributed by atoms with van der Waals surface area (Å²) in [5.74, 6) is 1.18. The molecule has 0 fully saturated rings. The van der Waals surface area contributed by atoms with Gasteiger partial charge in [-0.1, -0.05) is 12.1 Å². The molecule has 24 heavy (non-hydrogen) atoms. The van der Waals surface area contributed by atoms with E-state index in [9.17, 15) is 0 Å². The van der Waals surface area contributed by atoms with Gasteiger partial charge in [-0.05, 0) is 29.8 Å². The molecular formula is C18H15N5O. The summed E-state index contributed by atoms with van der Waals surface area (Å²) in [4.78, 5) is 13.1. The number of aromatic nitrogens is 4. The van der Waals surface area contributed by atoms with Crippen LogP contribution >= 0.6 is 0 Å². The first-order chi connectivity index (χ1) is 11.8. The van der Waals surface area contributed by atoms with Gasteiger partial charge in [-0.25, -0.2) is 9.97 Å². The fourth-order valence-corrected chi connectivity index (χ4v) is 2.65. The van der Waals surface area contributed by atoms with Gasteiger partial charge >= 0.3 is 0 Å². The van der Waals surface area contributed by atoms with Crippen molar-refractivity contribution in [2.45, 2.75) is 0 Å². The molecule has 0 aliphatic carbocycles. The highest BCUT2D eigenvalue weighted by molar-refractivity contribution is 5.80. The van der Waals surface area contributed by atoms with Crippen LogP contribution in [0.3, 0.4) is 0 Å². The molecule has 0 amide bonds. The Hall–Kier alpha value is -3.41. The van der Waals surface area contributed by atoms with Crippen LogP contribution in [0.5, 0.6) is 5.75 Å². The van der Waals surface area contributed by atoms with Crippen molar-refractivity contribution in [3.05, 3.63) is 61.2 Å². The van der Waals surface area contributed by atoms with E-state index in [0.717, 1.165) is 33.8 Å². The molecular weight excluding hydrogens is 302 g/mol. The van der Waals surface area contributed by atoms with E-state index in [1.807, 2.05) is 42.6 Å². The summed E-state index contributed by atoms with van der Waals surface area (Å²) in [7, 11) is 1.65. The minimum absolute atomic E-state index is 0.393. The first-order valence-electron chi connectivity index (χ1n) is 7.44. The van der Waals surface area contributed by atoms with Crippen LogP contribution in [0.2, 0.25) is 0 Å². The van der Waals surface area contributed by atoms with Crippen LogP contribution in [0.25, 0.3) is 28.0 Å². The average molecular weight is 317 g/mol. The van der Waals surface area contributed by atoms with Gasteiger partial charge in [0.25, 0.3) is 0 Å². The normalized spacial score (nSPS) is 10.9. The maximum Gasteiger partial charge on any atom is 0.206 e. The van der Waals surface area contributed by atoms with Gasteiger partial charge in [0.1, 0.15) is 11.4 Å². The van der Waals surface area contributed by atoms with Gasteiger partial charge in [0.05, 0.1) is 12.8 Å². The number of rotatable bonds is 3. The van der Waals surface area contributed by atoms with E-state index in [1.54, 1.807) is 30.1 Å². The molecule has 0 saturated heterocycles. The van der Waals surface area contributed by atoms with E-state index >= 15 is 0 Å². The molecule has 6 heteroatoms. The van der Waals surface area contributed by atoms with Crippen molar-refractivity contribution in [2.24, 2.45) is 0 Å². The Morgan fingerprint density at radius 1 is 1.08 bits per heavy atom. The van der Waals surface area contributed by atoms with Crippen molar-refractivity contribution < 1.29 is 4.74 Å². The quantitative estimate of drug-likeness (QED) is 0.628. The summed E-state index contributed by atoms with van der Waals surface area (Å²) in [5, 5.41) is 0.